The van der Waals surface area contributed by atoms with E-state index in [-0.39, 0.29) is 41.9 Å². The number of aryl methyl sites for hydroxylation is 1. The van der Waals surface area contributed by atoms with Crippen LogP contribution in [0.15, 0.2) is 41.3 Å². The van der Waals surface area contributed by atoms with Gasteiger partial charge < -0.3 is 14.2 Å². The second kappa shape index (κ2) is 8.07. The molecule has 0 atom stereocenters. The van der Waals surface area contributed by atoms with Crippen molar-refractivity contribution in [3.63, 3.8) is 0 Å². The lowest BCUT2D eigenvalue weighted by atomic mass is 10.1. The van der Waals surface area contributed by atoms with Crippen molar-refractivity contribution in [1.29, 1.82) is 0 Å². The number of carbonyl (C=O) groups is 2. The van der Waals surface area contributed by atoms with Crippen molar-refractivity contribution in [1.82, 2.24) is 4.90 Å². The Morgan fingerprint density at radius 1 is 1.20 bits per heavy atom. The van der Waals surface area contributed by atoms with E-state index in [4.69, 9.17) is 14.2 Å². The van der Waals surface area contributed by atoms with E-state index in [0.29, 0.717) is 11.5 Å². The highest BCUT2D eigenvalue weighted by Gasteiger charge is 2.35. The molecule has 0 N–H and O–H groups in total. The molecule has 0 radical (unpaired) electrons. The molecule has 0 spiro atoms. The maximum atomic E-state index is 12.7. The van der Waals surface area contributed by atoms with Crippen LogP contribution in [0.1, 0.15) is 11.1 Å². The number of hydrogen-bond acceptors (Lipinski definition) is 8. The molecule has 30 heavy (non-hydrogen) atoms. The zero-order chi connectivity index (χ0) is 21.3. The van der Waals surface area contributed by atoms with E-state index in [9.17, 15) is 19.7 Å². The standard InChI is InChI=1S/C20H16N2O7S/c1-12-2-4-14(5-3-12)27-7-6-21-19(23)18(30-20(21)24)9-13-8-16-17(29-11-28-16)10-15(13)22(25)26/h2-5,8-10H,6-7,11H2,1H3/b18-9-. The molecule has 1 fully saturated rings. The highest BCUT2D eigenvalue weighted by atomic mass is 32.2. The van der Waals surface area contributed by atoms with Gasteiger partial charge in [-0.3, -0.25) is 24.6 Å². The third-order valence-corrected chi connectivity index (χ3v) is 5.39. The van der Waals surface area contributed by atoms with Gasteiger partial charge in [-0.1, -0.05) is 17.7 Å². The monoisotopic (exact) mass is 428 g/mol. The number of carbonyl (C=O) groups excluding carboxylic acids is 2. The average Bonchev–Trinajstić information content (AvgIpc) is 3.27. The molecule has 0 unspecified atom stereocenters. The zero-order valence-corrected chi connectivity index (χ0v) is 16.6. The summed E-state index contributed by atoms with van der Waals surface area (Å²) < 4.78 is 16.0. The van der Waals surface area contributed by atoms with Crippen LogP contribution in [0.25, 0.3) is 6.08 Å². The Labute approximate surface area is 175 Å². The molecule has 2 amide bonds. The van der Waals surface area contributed by atoms with Gasteiger partial charge in [-0.2, -0.15) is 0 Å². The number of benzene rings is 2. The van der Waals surface area contributed by atoms with Crippen molar-refractivity contribution in [2.45, 2.75) is 6.92 Å². The predicted octanol–water partition coefficient (Wildman–Crippen LogP) is 3.75. The van der Waals surface area contributed by atoms with E-state index in [1.54, 1.807) is 0 Å². The molecule has 0 bridgehead atoms. The summed E-state index contributed by atoms with van der Waals surface area (Å²) in [7, 11) is 0. The summed E-state index contributed by atoms with van der Waals surface area (Å²) in [5, 5.41) is 10.9. The minimum atomic E-state index is -0.576. The molecular weight excluding hydrogens is 412 g/mol. The predicted molar refractivity (Wildman–Crippen MR) is 109 cm³/mol. The van der Waals surface area contributed by atoms with Gasteiger partial charge in [-0.15, -0.1) is 0 Å². The number of ether oxygens (including phenoxy) is 3. The summed E-state index contributed by atoms with van der Waals surface area (Å²) in [5.41, 5.74) is 1.01. The van der Waals surface area contributed by atoms with Crippen molar-refractivity contribution in [3.8, 4) is 17.2 Å². The third kappa shape index (κ3) is 3.94. The maximum absolute atomic E-state index is 12.7. The van der Waals surface area contributed by atoms with Crippen molar-refractivity contribution in [3.05, 3.63) is 62.5 Å². The van der Waals surface area contributed by atoms with Crippen LogP contribution in [0.4, 0.5) is 10.5 Å². The van der Waals surface area contributed by atoms with Crippen LogP contribution >= 0.6 is 11.8 Å². The summed E-state index contributed by atoms with van der Waals surface area (Å²) in [6.07, 6.45) is 1.33. The Balaban J connectivity index is 1.49. The van der Waals surface area contributed by atoms with Gasteiger partial charge in [0.1, 0.15) is 12.4 Å². The van der Waals surface area contributed by atoms with Crippen LogP contribution in [0.3, 0.4) is 0 Å². The van der Waals surface area contributed by atoms with Crippen LogP contribution in [0.2, 0.25) is 0 Å². The third-order valence-electron chi connectivity index (χ3n) is 4.48. The molecule has 2 heterocycles. The van der Waals surface area contributed by atoms with Gasteiger partial charge in [0.2, 0.25) is 6.79 Å². The first-order valence-corrected chi connectivity index (χ1v) is 9.77. The van der Waals surface area contributed by atoms with Crippen molar-refractivity contribution >= 4 is 34.7 Å². The largest absolute Gasteiger partial charge is 0.492 e. The molecule has 2 aliphatic heterocycles. The minimum absolute atomic E-state index is 0.0343. The molecule has 154 valence electrons. The van der Waals surface area contributed by atoms with Crippen LogP contribution in [-0.4, -0.2) is 40.9 Å². The van der Waals surface area contributed by atoms with E-state index >= 15 is 0 Å². The van der Waals surface area contributed by atoms with Gasteiger partial charge in [0.15, 0.2) is 11.5 Å². The molecular formula is C20H16N2O7S. The topological polar surface area (TPSA) is 108 Å². The molecule has 0 saturated carbocycles. The lowest BCUT2D eigenvalue weighted by molar-refractivity contribution is -0.385. The Kier molecular flexibility index (Phi) is 5.32. The zero-order valence-electron chi connectivity index (χ0n) is 15.8. The first-order valence-electron chi connectivity index (χ1n) is 8.95. The van der Waals surface area contributed by atoms with E-state index in [1.807, 2.05) is 31.2 Å². The summed E-state index contributed by atoms with van der Waals surface area (Å²) in [4.78, 5) is 36.9. The molecule has 0 aliphatic carbocycles. The molecule has 10 heteroatoms. The average molecular weight is 428 g/mol. The number of imide groups is 1. The van der Waals surface area contributed by atoms with Crippen molar-refractivity contribution in [2.24, 2.45) is 0 Å². The first-order chi connectivity index (χ1) is 14.4. The number of nitro benzene ring substituents is 1. The summed E-state index contributed by atoms with van der Waals surface area (Å²) in [6.45, 7) is 2.13. The van der Waals surface area contributed by atoms with Gasteiger partial charge in [-0.25, -0.2) is 0 Å². The fourth-order valence-electron chi connectivity index (χ4n) is 2.94. The van der Waals surface area contributed by atoms with Crippen molar-refractivity contribution in [2.75, 3.05) is 19.9 Å². The van der Waals surface area contributed by atoms with E-state index in [0.717, 1.165) is 22.2 Å². The Bertz CT molecular complexity index is 1070. The SMILES string of the molecule is Cc1ccc(OCCN2C(=O)S/C(=C\c3cc4c(cc3[N+](=O)[O-])OCO4)C2=O)cc1. The molecule has 2 aromatic rings. The Morgan fingerprint density at radius 3 is 2.60 bits per heavy atom. The molecule has 0 aromatic heterocycles. The molecule has 4 rings (SSSR count). The summed E-state index contributed by atoms with van der Waals surface area (Å²) >= 11 is 0.727. The highest BCUT2D eigenvalue weighted by molar-refractivity contribution is 8.18. The lowest BCUT2D eigenvalue weighted by Crippen LogP contribution is -2.32. The van der Waals surface area contributed by atoms with Gasteiger partial charge in [-0.05, 0) is 43.0 Å². The maximum Gasteiger partial charge on any atom is 0.293 e. The summed E-state index contributed by atoms with van der Waals surface area (Å²) in [5.74, 6) is 0.723. The fraction of sp³-hybridized carbons (Fsp3) is 0.200. The molecule has 9 nitrogen and oxygen atoms in total. The molecule has 2 aliphatic rings. The van der Waals surface area contributed by atoms with Gasteiger partial charge >= 0.3 is 0 Å². The Morgan fingerprint density at radius 2 is 1.90 bits per heavy atom. The second-order valence-electron chi connectivity index (χ2n) is 6.52. The first kappa shape index (κ1) is 19.8. The Hall–Kier alpha value is -3.53. The number of rotatable bonds is 6. The van der Waals surface area contributed by atoms with Crippen molar-refractivity contribution < 1.29 is 28.7 Å². The highest BCUT2D eigenvalue weighted by Crippen LogP contribution is 2.40. The quantitative estimate of drug-likeness (QED) is 0.389. The van der Waals surface area contributed by atoms with Gasteiger partial charge in [0.25, 0.3) is 16.8 Å². The molecule has 2 aromatic carbocycles. The number of thioether (sulfide) groups is 1. The van der Waals surface area contributed by atoms with E-state index < -0.39 is 16.1 Å². The number of nitro groups is 1. The minimum Gasteiger partial charge on any atom is -0.492 e. The number of amides is 2. The van der Waals surface area contributed by atoms with E-state index in [1.165, 1.54) is 18.2 Å². The number of fused-ring (bicyclic) bond motifs is 1. The number of hydrogen-bond donors (Lipinski definition) is 0. The lowest BCUT2D eigenvalue weighted by Gasteiger charge is -2.13. The van der Waals surface area contributed by atoms with Gasteiger partial charge in [0.05, 0.1) is 28.0 Å². The summed E-state index contributed by atoms with van der Waals surface area (Å²) in [6, 6.07) is 10.1. The van der Waals surface area contributed by atoms with E-state index in [2.05, 4.69) is 0 Å². The van der Waals surface area contributed by atoms with Crippen LogP contribution in [0.5, 0.6) is 17.2 Å². The fourth-order valence-corrected chi connectivity index (χ4v) is 3.80. The smallest absolute Gasteiger partial charge is 0.293 e. The van der Waals surface area contributed by atoms with Crippen LogP contribution in [0, 0.1) is 17.0 Å². The number of nitrogens with zero attached hydrogens (tertiary/aromatic N) is 2. The normalized spacial score (nSPS) is 16.4. The van der Waals surface area contributed by atoms with Gasteiger partial charge in [0, 0.05) is 0 Å². The molecule has 1 saturated heterocycles. The second-order valence-corrected chi connectivity index (χ2v) is 7.51. The van der Waals surface area contributed by atoms with Crippen LogP contribution < -0.4 is 14.2 Å². The van der Waals surface area contributed by atoms with Crippen LogP contribution in [-0.2, 0) is 4.79 Å².